The second-order valence-electron chi connectivity index (χ2n) is 2.98. The van der Waals surface area contributed by atoms with Gasteiger partial charge in [0, 0.05) is 0 Å². The third-order valence-corrected chi connectivity index (χ3v) is 1.90. The Morgan fingerprint density at radius 1 is 0.643 bits per heavy atom. The van der Waals surface area contributed by atoms with E-state index < -0.39 is 0 Å². The predicted molar refractivity (Wildman–Crippen MR) is 61.8 cm³/mol. The van der Waals surface area contributed by atoms with Crippen molar-refractivity contribution in [3.63, 3.8) is 0 Å². The van der Waals surface area contributed by atoms with Crippen molar-refractivity contribution < 1.29 is 2.74 Å². The molecule has 0 aliphatic rings. The van der Waals surface area contributed by atoms with Gasteiger partial charge in [0.05, 0.1) is 2.74 Å². The molecule has 0 fully saturated rings. The summed E-state index contributed by atoms with van der Waals surface area (Å²) in [7, 11) is 0. The number of rotatable bonds is 2. The summed E-state index contributed by atoms with van der Waals surface area (Å²) >= 11 is 0. The van der Waals surface area contributed by atoms with Gasteiger partial charge in [-0.25, -0.2) is 0 Å². The zero-order chi connectivity index (χ0) is 11.4. The van der Waals surface area contributed by atoms with Gasteiger partial charge in [-0.2, -0.15) is 0 Å². The van der Waals surface area contributed by atoms with Crippen molar-refractivity contribution >= 4 is 12.1 Å². The summed E-state index contributed by atoms with van der Waals surface area (Å²) in [5.41, 5.74) is 1.55. The maximum Gasteiger partial charge on any atom is 0.0629 e. The Labute approximate surface area is 87.3 Å². The lowest BCUT2D eigenvalue weighted by molar-refractivity contribution is 1.65. The molecule has 0 aliphatic heterocycles. The van der Waals surface area contributed by atoms with Gasteiger partial charge in [-0.15, -0.1) is 0 Å². The maximum atomic E-state index is 7.95. The molecule has 68 valence electrons. The lowest BCUT2D eigenvalue weighted by Crippen LogP contribution is -1.70. The molecule has 2 aromatic carbocycles. The average Bonchev–Trinajstić information content (AvgIpc) is 2.39. The highest BCUT2D eigenvalue weighted by Gasteiger charge is 1.84. The third-order valence-electron chi connectivity index (χ3n) is 1.90. The van der Waals surface area contributed by atoms with E-state index in [1.807, 2.05) is 60.7 Å². The van der Waals surface area contributed by atoms with Crippen molar-refractivity contribution in [3.05, 3.63) is 71.8 Å². The second-order valence-corrected chi connectivity index (χ2v) is 2.98. The van der Waals surface area contributed by atoms with Crippen molar-refractivity contribution in [2.24, 2.45) is 0 Å². The van der Waals surface area contributed by atoms with Crippen LogP contribution in [0.25, 0.3) is 12.1 Å². The smallest absolute Gasteiger partial charge is 0.0622 e. The molecule has 0 aromatic heterocycles. The average molecular weight is 182 g/mol. The Hall–Kier alpha value is -1.82. The highest BCUT2D eigenvalue weighted by Crippen LogP contribution is 2.06. The Kier molecular flexibility index (Phi) is 2.09. The molecule has 0 aliphatic carbocycles. The topological polar surface area (TPSA) is 0 Å². The van der Waals surface area contributed by atoms with Gasteiger partial charge in [-0.3, -0.25) is 0 Å². The molecule has 0 heteroatoms. The summed E-state index contributed by atoms with van der Waals surface area (Å²) in [5.74, 6) is 0. The van der Waals surface area contributed by atoms with Crippen LogP contribution in [0.2, 0.25) is 0 Å². The molecule has 0 radical (unpaired) electrons. The number of hydrogen-bond acceptors (Lipinski definition) is 0. The van der Waals surface area contributed by atoms with E-state index in [1.165, 1.54) is 0 Å². The predicted octanol–water partition coefficient (Wildman–Crippen LogP) is 3.86. The Morgan fingerprint density at radius 3 is 1.36 bits per heavy atom. The first kappa shape index (κ1) is 6.61. The van der Waals surface area contributed by atoms with Crippen LogP contribution < -0.4 is 0 Å². The fourth-order valence-corrected chi connectivity index (χ4v) is 1.19. The summed E-state index contributed by atoms with van der Waals surface area (Å²) in [4.78, 5) is 0. The Bertz CT molecular complexity index is 439. The maximum absolute atomic E-state index is 7.95. The molecule has 0 nitrogen and oxygen atoms in total. The van der Waals surface area contributed by atoms with E-state index in [0.29, 0.717) is 0 Å². The van der Waals surface area contributed by atoms with Gasteiger partial charge in [0.25, 0.3) is 0 Å². The van der Waals surface area contributed by atoms with Crippen molar-refractivity contribution in [2.75, 3.05) is 0 Å². The lowest BCUT2D eigenvalue weighted by atomic mass is 10.1. The number of hydrogen-bond donors (Lipinski definition) is 0. The van der Waals surface area contributed by atoms with Gasteiger partial charge in [0.2, 0.25) is 0 Å². The van der Waals surface area contributed by atoms with E-state index in [1.54, 1.807) is 0 Å². The molecule has 0 N–H and O–H groups in total. The summed E-state index contributed by atoms with van der Waals surface area (Å²) < 4.78 is 15.9. The first-order valence-electron chi connectivity index (χ1n) is 5.57. The van der Waals surface area contributed by atoms with Gasteiger partial charge >= 0.3 is 0 Å². The fraction of sp³-hybridized carbons (Fsp3) is 0. The van der Waals surface area contributed by atoms with E-state index in [0.717, 1.165) is 11.1 Å². The van der Waals surface area contributed by atoms with Crippen LogP contribution in [0.4, 0.5) is 0 Å². The molecule has 0 heterocycles. The molecule has 0 unspecified atom stereocenters. The van der Waals surface area contributed by atoms with Gasteiger partial charge in [0.15, 0.2) is 0 Å². The summed E-state index contributed by atoms with van der Waals surface area (Å²) in [5, 5.41) is 0. The van der Waals surface area contributed by atoms with Crippen LogP contribution in [0.3, 0.4) is 0 Å². The fourth-order valence-electron chi connectivity index (χ4n) is 1.19. The van der Waals surface area contributed by atoms with Gasteiger partial charge < -0.3 is 0 Å². The van der Waals surface area contributed by atoms with Crippen LogP contribution in [0, 0.1) is 0 Å². The van der Waals surface area contributed by atoms with Crippen LogP contribution in [-0.2, 0) is 0 Å². The van der Waals surface area contributed by atoms with Gasteiger partial charge in [-0.05, 0) is 11.1 Å². The molecule has 0 atom stereocenters. The van der Waals surface area contributed by atoms with Crippen molar-refractivity contribution in [2.45, 2.75) is 0 Å². The lowest BCUT2D eigenvalue weighted by Gasteiger charge is -1.92. The van der Waals surface area contributed by atoms with Crippen molar-refractivity contribution in [1.82, 2.24) is 0 Å². The van der Waals surface area contributed by atoms with E-state index in [-0.39, 0.29) is 12.1 Å². The molecular formula is C14H12. The number of benzene rings is 2. The second kappa shape index (κ2) is 4.43. The molecular weight excluding hydrogens is 168 g/mol. The quantitative estimate of drug-likeness (QED) is 0.619. The molecule has 0 spiro atoms. The van der Waals surface area contributed by atoms with E-state index in [9.17, 15) is 0 Å². The monoisotopic (exact) mass is 182 g/mol. The molecule has 2 rings (SSSR count). The van der Waals surface area contributed by atoms with Gasteiger partial charge in [-0.1, -0.05) is 72.8 Å². The molecule has 0 saturated heterocycles. The van der Waals surface area contributed by atoms with Crippen molar-refractivity contribution in [1.29, 1.82) is 0 Å². The SMILES string of the molecule is [2H]/C(=C(/[2H])c1ccccc1)c1ccccc1. The summed E-state index contributed by atoms with van der Waals surface area (Å²) in [6.07, 6.45) is 0. The molecule has 2 aromatic rings. The zero-order valence-electron chi connectivity index (χ0n) is 9.77. The minimum absolute atomic E-state index is 0.256. The van der Waals surface area contributed by atoms with Crippen LogP contribution in [0.1, 0.15) is 13.9 Å². The minimum Gasteiger partial charge on any atom is -0.0622 e. The van der Waals surface area contributed by atoms with Crippen molar-refractivity contribution in [3.8, 4) is 0 Å². The first-order valence-corrected chi connectivity index (χ1v) is 4.57. The molecule has 0 bridgehead atoms. The summed E-state index contributed by atoms with van der Waals surface area (Å²) in [6, 6.07) is 19.2. The highest BCUT2D eigenvalue weighted by molar-refractivity contribution is 5.69. The van der Waals surface area contributed by atoms with Gasteiger partial charge in [0.1, 0.15) is 0 Å². The van der Waals surface area contributed by atoms with Crippen LogP contribution >= 0.6 is 0 Å². The highest BCUT2D eigenvalue weighted by atomic mass is 13.9. The molecule has 0 amide bonds. The van der Waals surface area contributed by atoms with Crippen LogP contribution in [0.5, 0.6) is 0 Å². The van der Waals surface area contributed by atoms with E-state index in [4.69, 9.17) is 2.74 Å². The van der Waals surface area contributed by atoms with Crippen LogP contribution in [0.15, 0.2) is 60.7 Å². The first-order chi connectivity index (χ1) is 7.79. The normalized spacial score (nSPS) is 14.0. The molecule has 0 saturated carbocycles. The van der Waals surface area contributed by atoms with E-state index in [2.05, 4.69) is 0 Å². The van der Waals surface area contributed by atoms with E-state index >= 15 is 0 Å². The minimum atomic E-state index is 0.256. The van der Waals surface area contributed by atoms with Crippen LogP contribution in [-0.4, -0.2) is 0 Å². The zero-order valence-corrected chi connectivity index (χ0v) is 7.77. The third kappa shape index (κ3) is 2.33. The molecule has 14 heavy (non-hydrogen) atoms. The Morgan fingerprint density at radius 2 is 1.00 bits per heavy atom. The Balaban J connectivity index is 2.43. The summed E-state index contributed by atoms with van der Waals surface area (Å²) in [6.45, 7) is 0. The standard InChI is InChI=1S/C14H12/c1-3-7-13(8-4-1)11-12-14-9-5-2-6-10-14/h1-12H/b12-11+/i11D,12D. The largest absolute Gasteiger partial charge is 0.0629 e.